The Morgan fingerprint density at radius 3 is 2.13 bits per heavy atom. The van der Waals surface area contributed by atoms with E-state index < -0.39 is 42.3 Å². The van der Waals surface area contributed by atoms with Crippen LogP contribution in [0.2, 0.25) is 0 Å². The summed E-state index contributed by atoms with van der Waals surface area (Å²) in [4.78, 5) is 22.8. The van der Waals surface area contributed by atoms with Crippen LogP contribution in [0.25, 0.3) is 0 Å². The van der Waals surface area contributed by atoms with Crippen molar-refractivity contribution in [2.24, 2.45) is 0 Å². The van der Waals surface area contributed by atoms with Gasteiger partial charge in [0.1, 0.15) is 12.7 Å². The van der Waals surface area contributed by atoms with E-state index in [2.05, 4.69) is 48.1 Å². The Labute approximate surface area is 184 Å². The van der Waals surface area contributed by atoms with Crippen molar-refractivity contribution in [3.63, 3.8) is 0 Å². The van der Waals surface area contributed by atoms with Crippen LogP contribution in [-0.2, 0) is 19.1 Å². The number of hydrogen-bond acceptors (Lipinski definition) is 7. The summed E-state index contributed by atoms with van der Waals surface area (Å²) in [5.41, 5.74) is 0. The van der Waals surface area contributed by atoms with E-state index in [1.54, 1.807) is 0 Å². The number of cyclic esters (lactones) is 1. The Kier molecular flexibility index (Phi) is 13.8. The molecule has 31 heavy (non-hydrogen) atoms. The van der Waals surface area contributed by atoms with Gasteiger partial charge >= 0.3 is 11.9 Å². The third kappa shape index (κ3) is 11.4. The van der Waals surface area contributed by atoms with Gasteiger partial charge in [0.25, 0.3) is 0 Å². The molecule has 0 bridgehead atoms. The van der Waals surface area contributed by atoms with Gasteiger partial charge in [0.15, 0.2) is 11.9 Å². The zero-order valence-corrected chi connectivity index (χ0v) is 18.4. The number of carbonyl (C=O) groups is 2. The second kappa shape index (κ2) is 16.2. The quantitative estimate of drug-likeness (QED) is 0.182. The van der Waals surface area contributed by atoms with Gasteiger partial charge in [0, 0.05) is 6.42 Å². The molecule has 0 aromatic rings. The summed E-state index contributed by atoms with van der Waals surface area (Å²) in [5.74, 6) is -3.29. The SMILES string of the molecule is CCCCCC=CCC=CCC=CCCCCC(=O)OC[C@H](O)[C@H]1OC(=O)C(O)=C1O. The van der Waals surface area contributed by atoms with Crippen LogP contribution in [0.1, 0.15) is 71.1 Å². The van der Waals surface area contributed by atoms with E-state index in [0.717, 1.165) is 32.1 Å². The molecule has 1 aliphatic rings. The van der Waals surface area contributed by atoms with E-state index in [1.165, 1.54) is 19.3 Å². The maximum atomic E-state index is 11.7. The number of unbranched alkanes of at least 4 members (excludes halogenated alkanes) is 5. The zero-order chi connectivity index (χ0) is 22.9. The summed E-state index contributed by atoms with van der Waals surface area (Å²) in [7, 11) is 0. The molecule has 0 aliphatic carbocycles. The molecule has 0 radical (unpaired) electrons. The maximum Gasteiger partial charge on any atom is 0.377 e. The average Bonchev–Trinajstić information content (AvgIpc) is 3.02. The van der Waals surface area contributed by atoms with Crippen molar-refractivity contribution in [3.8, 4) is 0 Å². The number of carbonyl (C=O) groups excluding carboxylic acids is 2. The Bertz CT molecular complexity index is 661. The summed E-state index contributed by atoms with van der Waals surface area (Å²) >= 11 is 0. The second-order valence-electron chi connectivity index (χ2n) is 7.44. The van der Waals surface area contributed by atoms with Crippen LogP contribution in [-0.4, -0.2) is 46.1 Å². The first-order chi connectivity index (χ1) is 15.0. The van der Waals surface area contributed by atoms with Gasteiger partial charge in [-0.1, -0.05) is 56.2 Å². The van der Waals surface area contributed by atoms with Crippen molar-refractivity contribution < 1.29 is 34.4 Å². The fourth-order valence-electron chi connectivity index (χ4n) is 2.89. The van der Waals surface area contributed by atoms with Crippen LogP contribution < -0.4 is 0 Å². The fraction of sp³-hybridized carbons (Fsp3) is 0.583. The third-order valence-electron chi connectivity index (χ3n) is 4.72. The lowest BCUT2D eigenvalue weighted by Crippen LogP contribution is -2.33. The number of hydrogen-bond donors (Lipinski definition) is 3. The molecule has 1 heterocycles. The van der Waals surface area contributed by atoms with Crippen LogP contribution in [0.5, 0.6) is 0 Å². The Hall–Kier alpha value is -2.54. The van der Waals surface area contributed by atoms with Gasteiger partial charge in [-0.2, -0.15) is 0 Å². The normalized spacial score (nSPS) is 17.9. The number of allylic oxidation sites excluding steroid dienone is 6. The minimum absolute atomic E-state index is 0.211. The topological polar surface area (TPSA) is 113 Å². The van der Waals surface area contributed by atoms with Crippen LogP contribution in [0.3, 0.4) is 0 Å². The summed E-state index contributed by atoms with van der Waals surface area (Å²) in [6.45, 7) is 1.77. The molecule has 7 nitrogen and oxygen atoms in total. The Morgan fingerprint density at radius 1 is 1.00 bits per heavy atom. The molecular weight excluding hydrogens is 400 g/mol. The Morgan fingerprint density at radius 2 is 1.58 bits per heavy atom. The first-order valence-corrected chi connectivity index (χ1v) is 11.1. The lowest BCUT2D eigenvalue weighted by Gasteiger charge is -2.17. The number of rotatable bonds is 16. The summed E-state index contributed by atoms with van der Waals surface area (Å²) in [6, 6.07) is 0. The molecule has 174 valence electrons. The molecule has 0 saturated heterocycles. The molecule has 0 aromatic heterocycles. The predicted octanol–water partition coefficient (Wildman–Crippen LogP) is 4.73. The molecule has 2 atom stereocenters. The van der Waals surface area contributed by atoms with Crippen molar-refractivity contribution in [1.29, 1.82) is 0 Å². The zero-order valence-electron chi connectivity index (χ0n) is 18.4. The number of aliphatic hydroxyl groups is 3. The molecule has 0 spiro atoms. The molecular formula is C24H36O7. The van der Waals surface area contributed by atoms with Crippen molar-refractivity contribution in [1.82, 2.24) is 0 Å². The van der Waals surface area contributed by atoms with Crippen LogP contribution in [0, 0.1) is 0 Å². The fourth-order valence-corrected chi connectivity index (χ4v) is 2.89. The van der Waals surface area contributed by atoms with E-state index in [-0.39, 0.29) is 6.42 Å². The van der Waals surface area contributed by atoms with Crippen molar-refractivity contribution in [2.75, 3.05) is 6.61 Å². The standard InChI is InChI=1S/C24H36O7/c1-2-3-4-5-6-7-8-9-10-11-12-13-14-15-16-17-20(26)30-18-19(25)23-21(27)22(28)24(29)31-23/h6-7,9-10,12-13,19,23,25,27-28H,2-5,8,11,14-18H2,1H3/t19-,23+/m0/s1. The molecule has 3 N–H and O–H groups in total. The molecule has 1 rings (SSSR count). The highest BCUT2D eigenvalue weighted by atomic mass is 16.6. The predicted molar refractivity (Wildman–Crippen MR) is 118 cm³/mol. The monoisotopic (exact) mass is 436 g/mol. The van der Waals surface area contributed by atoms with Crippen molar-refractivity contribution >= 4 is 11.9 Å². The average molecular weight is 437 g/mol. The molecule has 0 amide bonds. The highest BCUT2D eigenvalue weighted by Gasteiger charge is 2.39. The highest BCUT2D eigenvalue weighted by molar-refractivity contribution is 5.89. The van der Waals surface area contributed by atoms with E-state index in [0.29, 0.717) is 6.42 Å². The second-order valence-corrected chi connectivity index (χ2v) is 7.44. The van der Waals surface area contributed by atoms with Crippen molar-refractivity contribution in [2.45, 2.75) is 83.3 Å². The minimum Gasteiger partial charge on any atom is -0.505 e. The van der Waals surface area contributed by atoms with Gasteiger partial charge in [0.2, 0.25) is 5.76 Å². The summed E-state index contributed by atoms with van der Waals surface area (Å²) < 4.78 is 9.53. The minimum atomic E-state index is -1.44. The molecule has 0 saturated carbocycles. The number of esters is 2. The van der Waals surface area contributed by atoms with E-state index in [9.17, 15) is 24.9 Å². The maximum absolute atomic E-state index is 11.7. The molecule has 7 heteroatoms. The van der Waals surface area contributed by atoms with E-state index >= 15 is 0 Å². The van der Waals surface area contributed by atoms with Crippen molar-refractivity contribution in [3.05, 3.63) is 48.0 Å². The summed E-state index contributed by atoms with van der Waals surface area (Å²) in [5, 5.41) is 28.5. The first-order valence-electron chi connectivity index (χ1n) is 11.1. The molecule has 0 fully saturated rings. The van der Waals surface area contributed by atoms with E-state index in [4.69, 9.17) is 4.74 Å². The van der Waals surface area contributed by atoms with Crippen LogP contribution in [0.15, 0.2) is 48.0 Å². The Balaban J connectivity index is 2.02. The third-order valence-corrected chi connectivity index (χ3v) is 4.72. The smallest absolute Gasteiger partial charge is 0.377 e. The highest BCUT2D eigenvalue weighted by Crippen LogP contribution is 2.21. The largest absolute Gasteiger partial charge is 0.505 e. The van der Waals surface area contributed by atoms with Crippen LogP contribution >= 0.6 is 0 Å². The molecule has 1 aliphatic heterocycles. The van der Waals surface area contributed by atoms with Gasteiger partial charge in [-0.05, 0) is 44.9 Å². The van der Waals surface area contributed by atoms with Gasteiger partial charge < -0.3 is 24.8 Å². The first kappa shape index (κ1) is 26.5. The van der Waals surface area contributed by atoms with Crippen LogP contribution in [0.4, 0.5) is 0 Å². The van der Waals surface area contributed by atoms with Gasteiger partial charge in [0.05, 0.1) is 0 Å². The van der Waals surface area contributed by atoms with Gasteiger partial charge in [-0.3, -0.25) is 4.79 Å². The summed E-state index contributed by atoms with van der Waals surface area (Å²) in [6.07, 6.45) is 19.5. The van der Waals surface area contributed by atoms with Gasteiger partial charge in [-0.25, -0.2) is 4.79 Å². The van der Waals surface area contributed by atoms with Gasteiger partial charge in [-0.15, -0.1) is 0 Å². The van der Waals surface area contributed by atoms with E-state index in [1.807, 2.05) is 0 Å². The lowest BCUT2D eigenvalue weighted by molar-refractivity contribution is -0.154. The molecule has 0 unspecified atom stereocenters. The molecule has 0 aromatic carbocycles. The lowest BCUT2D eigenvalue weighted by atomic mass is 10.1. The number of aliphatic hydroxyl groups excluding tert-OH is 3. The number of ether oxygens (including phenoxy) is 2.